The van der Waals surface area contributed by atoms with Gasteiger partial charge in [0.1, 0.15) is 114 Å². The first-order valence-corrected chi connectivity index (χ1v) is 48.3. The lowest BCUT2D eigenvalue weighted by molar-refractivity contribution is 0.119. The molecule has 0 aliphatic heterocycles. The van der Waals surface area contributed by atoms with Crippen LogP contribution < -0.4 is 56.8 Å². The summed E-state index contributed by atoms with van der Waals surface area (Å²) in [6, 6.07) is 56.4. The number of carbonyl (C=O) groups is 6. The van der Waals surface area contributed by atoms with Gasteiger partial charge in [0.05, 0.1) is 85.6 Å². The molecule has 0 N–H and O–H groups in total. The van der Waals surface area contributed by atoms with Gasteiger partial charge in [-0.3, -0.25) is 0 Å². The van der Waals surface area contributed by atoms with Crippen LogP contribution in [0.3, 0.4) is 0 Å². The van der Waals surface area contributed by atoms with E-state index in [9.17, 15) is 33.2 Å². The molecule has 0 fully saturated rings. The minimum atomic E-state index is -0.913. The number of hydrogen-bond donors (Lipinski definition) is 0. The van der Waals surface area contributed by atoms with Crippen LogP contribution >= 0.6 is 146 Å². The standard InChI is InChI=1S/C18H19BrO4.C17H16Br2O4.C17H16BrClO4.C17H16BrFO4.C17H16BrIO4.C17H17BrO4/c1-11-6-5-7-16(23-18(20)21-4)14(11)10-22-17-9-13(3)12(2)8-15(17)19;1-10-7-14(19)16(8-11(10)2)22-9-12-13(18)5-4-6-15(12)23-17(20)21-3;3*1-10-7-13(18)16(8-11(10)2)22-9-12-14(19)5-4-6-15(12)23-17(20)21-3;1-11-8-14(18)16(9-12(11)2)21-10-13-6-4-5-7-15(13)22-17(19)20-3/h5-9H,10H2,1-4H3;4*4-8H,9H2,1-3H3;4-9H,10H2,1-3H3. The SMILES string of the molecule is COC(=O)Oc1cccc(Br)c1COc1cc(C)c(C)cc1Br.COC(=O)Oc1cccc(C)c1COc1cc(C)c(C)cc1Br.COC(=O)Oc1cccc(Cl)c1COc1cc(C)c(C)cc1Br.COC(=O)Oc1cccc(F)c1COc1cc(C)c(C)cc1Br.COC(=O)Oc1cccc(I)c1COc1cc(C)c(C)cc1Br.COC(=O)Oc1ccccc1COc1cc(C)c(C)cc1Br. The molecule has 0 aromatic heterocycles. The van der Waals surface area contributed by atoms with Crippen LogP contribution in [0.2, 0.25) is 5.02 Å². The second kappa shape index (κ2) is 56.4. The van der Waals surface area contributed by atoms with Gasteiger partial charge in [-0.1, -0.05) is 82.1 Å². The van der Waals surface area contributed by atoms with Crippen molar-refractivity contribution in [3.63, 3.8) is 0 Å². The molecule has 0 aliphatic carbocycles. The molecule has 0 atom stereocenters. The average Bonchev–Trinajstić information content (AvgIpc) is 0.837. The predicted molar refractivity (Wildman–Crippen MR) is 555 cm³/mol. The Morgan fingerprint density at radius 1 is 0.248 bits per heavy atom. The van der Waals surface area contributed by atoms with Gasteiger partial charge in [0.2, 0.25) is 0 Å². The maximum atomic E-state index is 14.0. The second-order valence-electron chi connectivity index (χ2n) is 29.8. The normalized spacial score (nSPS) is 10.3. The zero-order valence-electron chi connectivity index (χ0n) is 78.2. The van der Waals surface area contributed by atoms with E-state index in [1.54, 1.807) is 54.6 Å². The molecule has 726 valence electrons. The van der Waals surface area contributed by atoms with Crippen molar-refractivity contribution < 1.29 is 118 Å². The maximum absolute atomic E-state index is 14.0. The van der Waals surface area contributed by atoms with E-state index in [0.717, 1.165) is 130 Å². The summed E-state index contributed by atoms with van der Waals surface area (Å²) in [6.45, 7) is 27.4. The summed E-state index contributed by atoms with van der Waals surface area (Å²) in [6.07, 6.45) is -4.73. The van der Waals surface area contributed by atoms with Crippen molar-refractivity contribution >= 4 is 183 Å². The molecule has 12 aromatic carbocycles. The van der Waals surface area contributed by atoms with Crippen LogP contribution in [0.4, 0.5) is 33.2 Å². The largest absolute Gasteiger partial charge is 0.513 e. The van der Waals surface area contributed by atoms with Crippen LogP contribution in [-0.2, 0) is 68.1 Å². The number of benzene rings is 12. The highest BCUT2D eigenvalue weighted by molar-refractivity contribution is 14.1. The van der Waals surface area contributed by atoms with E-state index in [1.807, 2.05) is 205 Å². The Bertz CT molecular complexity index is 5530. The summed E-state index contributed by atoms with van der Waals surface area (Å²) >= 11 is 32.8. The zero-order valence-corrected chi connectivity index (χ0v) is 92.2. The maximum Gasteiger partial charge on any atom is 0.513 e. The Kier molecular flexibility index (Phi) is 46.7. The summed E-state index contributed by atoms with van der Waals surface area (Å²) < 4.78 is 114. The number of ether oxygens (including phenoxy) is 18. The highest BCUT2D eigenvalue weighted by atomic mass is 127. The Balaban J connectivity index is 0.000000224. The molecule has 34 heteroatoms. The molecule has 0 bridgehead atoms. The van der Waals surface area contributed by atoms with Gasteiger partial charge in [-0.05, 0) is 414 Å². The lowest BCUT2D eigenvalue weighted by Crippen LogP contribution is -2.11. The van der Waals surface area contributed by atoms with Crippen LogP contribution in [0.15, 0.2) is 219 Å². The molecular weight excluding hydrogens is 2360 g/mol. The third-order valence-corrected chi connectivity index (χ3v) is 26.2. The van der Waals surface area contributed by atoms with Crippen LogP contribution in [0, 0.1) is 99.4 Å². The van der Waals surface area contributed by atoms with Gasteiger partial charge >= 0.3 is 36.9 Å². The highest BCUT2D eigenvalue weighted by Gasteiger charge is 2.23. The van der Waals surface area contributed by atoms with Crippen LogP contribution in [0.1, 0.15) is 106 Å². The molecule has 12 rings (SSSR count). The molecule has 0 aliphatic rings. The molecule has 0 unspecified atom stereocenters. The summed E-state index contributed by atoms with van der Waals surface area (Å²) in [5.41, 5.74) is 18.6. The molecule has 0 amide bonds. The fraction of sp³-hybridized carbons (Fsp3) is 0.243. The molecule has 24 nitrogen and oxygen atoms in total. The van der Waals surface area contributed by atoms with Crippen molar-refractivity contribution in [1.29, 1.82) is 0 Å². The molecule has 137 heavy (non-hydrogen) atoms. The molecule has 0 radical (unpaired) electrons. The minimum absolute atomic E-state index is 0.0665. The Hall–Kier alpha value is -10.6. The smallest absolute Gasteiger partial charge is 0.488 e. The van der Waals surface area contributed by atoms with Gasteiger partial charge in [-0.2, -0.15) is 0 Å². The molecule has 0 heterocycles. The number of halogens is 10. The Morgan fingerprint density at radius 3 is 0.847 bits per heavy atom. The second-order valence-corrected chi connectivity index (χ2v) is 37.3. The summed E-state index contributed by atoms with van der Waals surface area (Å²) in [5, 5.41) is 0.450. The van der Waals surface area contributed by atoms with Crippen molar-refractivity contribution in [3.8, 4) is 69.0 Å². The van der Waals surface area contributed by atoms with E-state index in [1.165, 1.54) is 83.1 Å². The molecule has 12 aromatic rings. The van der Waals surface area contributed by atoms with Crippen LogP contribution in [0.5, 0.6) is 69.0 Å². The predicted octanol–water partition coefficient (Wildman–Crippen LogP) is 31.2. The fourth-order valence-electron chi connectivity index (χ4n) is 11.7. The lowest BCUT2D eigenvalue weighted by Gasteiger charge is -2.15. The first-order chi connectivity index (χ1) is 65.1. The van der Waals surface area contributed by atoms with E-state index in [4.69, 9.17) is 68.4 Å². The van der Waals surface area contributed by atoms with Crippen molar-refractivity contribution in [3.05, 3.63) is 339 Å². The molecule has 0 saturated heterocycles. The Morgan fingerprint density at radius 2 is 0.489 bits per heavy atom. The van der Waals surface area contributed by atoms with Crippen molar-refractivity contribution in [2.45, 2.75) is 130 Å². The summed E-state index contributed by atoms with van der Waals surface area (Å²) in [4.78, 5) is 67.9. The number of carbonyl (C=O) groups excluding carboxylic acids is 6. The first-order valence-electron chi connectivity index (χ1n) is 41.3. The first kappa shape index (κ1) is 113. The van der Waals surface area contributed by atoms with E-state index in [2.05, 4.69) is 163 Å². The van der Waals surface area contributed by atoms with Gasteiger partial charge in [-0.25, -0.2) is 33.2 Å². The van der Waals surface area contributed by atoms with Gasteiger partial charge in [0, 0.05) is 30.3 Å². The number of hydrogen-bond acceptors (Lipinski definition) is 24. The third kappa shape index (κ3) is 35.3. The number of methoxy groups -OCH3 is 6. The number of aryl methyl sites for hydroxylation is 13. The van der Waals surface area contributed by atoms with Gasteiger partial charge < -0.3 is 85.3 Å². The van der Waals surface area contributed by atoms with Crippen molar-refractivity contribution in [1.82, 2.24) is 0 Å². The van der Waals surface area contributed by atoms with E-state index >= 15 is 0 Å². The zero-order chi connectivity index (χ0) is 101. The van der Waals surface area contributed by atoms with E-state index in [-0.39, 0.29) is 44.3 Å². The fourth-order valence-corrected chi connectivity index (χ4v) is 16.4. The van der Waals surface area contributed by atoms with E-state index in [0.29, 0.717) is 57.4 Å². The third-order valence-electron chi connectivity index (χ3n) is 20.3. The van der Waals surface area contributed by atoms with Crippen molar-refractivity contribution in [2.75, 3.05) is 42.7 Å². The van der Waals surface area contributed by atoms with Gasteiger partial charge in [-0.15, -0.1) is 0 Å². The number of para-hydroxylation sites is 1. The summed E-state index contributed by atoms with van der Waals surface area (Å²) in [7, 11) is 7.52. The topological polar surface area (TPSA) is 269 Å². The van der Waals surface area contributed by atoms with Crippen LogP contribution in [-0.4, -0.2) is 79.6 Å². The van der Waals surface area contributed by atoms with E-state index < -0.39 is 42.7 Å². The molecule has 0 saturated carbocycles. The molecular formula is C103H100Br7ClFIO24. The number of rotatable bonds is 24. The van der Waals surface area contributed by atoms with Gasteiger partial charge in [0.15, 0.2) is 0 Å². The highest BCUT2D eigenvalue weighted by Crippen LogP contribution is 2.40. The van der Waals surface area contributed by atoms with Crippen molar-refractivity contribution in [2.24, 2.45) is 0 Å². The average molecular weight is 2460 g/mol. The molecule has 0 spiro atoms. The Labute approximate surface area is 873 Å². The monoisotopic (exact) mass is 2450 g/mol. The van der Waals surface area contributed by atoms with Crippen LogP contribution in [0.25, 0.3) is 0 Å². The lowest BCUT2D eigenvalue weighted by atomic mass is 10.1. The van der Waals surface area contributed by atoms with Gasteiger partial charge in [0.25, 0.3) is 0 Å². The minimum Gasteiger partial charge on any atom is -0.488 e. The quantitative estimate of drug-likeness (QED) is 0.0235. The summed E-state index contributed by atoms with van der Waals surface area (Å²) in [5.74, 6) is 5.80.